The SMILES string of the molecule is CC(C)C#CCNC(=O)COCCOC(C)SSCCC(=O)C(C)C. The second-order valence-electron chi connectivity index (χ2n) is 6.03. The van der Waals surface area contributed by atoms with Gasteiger partial charge in [0.25, 0.3) is 0 Å². The highest BCUT2D eigenvalue weighted by atomic mass is 33.1. The summed E-state index contributed by atoms with van der Waals surface area (Å²) in [5.74, 6) is 7.18. The topological polar surface area (TPSA) is 64.6 Å². The van der Waals surface area contributed by atoms with Crippen LogP contribution in [0.15, 0.2) is 0 Å². The fraction of sp³-hybridized carbons (Fsp3) is 0.778. The molecule has 0 saturated carbocycles. The average molecular weight is 390 g/mol. The van der Waals surface area contributed by atoms with E-state index in [1.807, 2.05) is 34.6 Å². The first-order valence-electron chi connectivity index (χ1n) is 8.58. The number of ether oxygens (including phenoxy) is 2. The summed E-state index contributed by atoms with van der Waals surface area (Å²) in [6.45, 7) is 11.0. The van der Waals surface area contributed by atoms with Crippen LogP contribution in [0.2, 0.25) is 0 Å². The number of hydrogen-bond donors (Lipinski definition) is 1. The number of amides is 1. The van der Waals surface area contributed by atoms with E-state index in [4.69, 9.17) is 9.47 Å². The first kappa shape index (κ1) is 24.3. The van der Waals surface area contributed by atoms with Gasteiger partial charge < -0.3 is 14.8 Å². The Morgan fingerprint density at radius 2 is 1.84 bits per heavy atom. The van der Waals surface area contributed by atoms with E-state index < -0.39 is 0 Å². The molecule has 1 atom stereocenters. The Hall–Kier alpha value is -0.680. The summed E-state index contributed by atoms with van der Waals surface area (Å²) in [4.78, 5) is 23.0. The largest absolute Gasteiger partial charge is 0.369 e. The van der Waals surface area contributed by atoms with Gasteiger partial charge in [0.2, 0.25) is 5.91 Å². The molecule has 0 saturated heterocycles. The molecule has 25 heavy (non-hydrogen) atoms. The van der Waals surface area contributed by atoms with Gasteiger partial charge in [0.15, 0.2) is 0 Å². The van der Waals surface area contributed by atoms with E-state index in [1.54, 1.807) is 21.6 Å². The summed E-state index contributed by atoms with van der Waals surface area (Å²) in [6, 6.07) is 0. The van der Waals surface area contributed by atoms with Crippen molar-refractivity contribution in [3.05, 3.63) is 0 Å². The van der Waals surface area contributed by atoms with Crippen LogP contribution in [0.4, 0.5) is 0 Å². The predicted octanol–water partition coefficient (Wildman–Crippen LogP) is 3.14. The molecule has 144 valence electrons. The summed E-state index contributed by atoms with van der Waals surface area (Å²) < 4.78 is 10.8. The van der Waals surface area contributed by atoms with Gasteiger partial charge in [-0.25, -0.2) is 0 Å². The zero-order chi connectivity index (χ0) is 19.1. The van der Waals surface area contributed by atoms with Crippen molar-refractivity contribution in [2.75, 3.05) is 32.1 Å². The van der Waals surface area contributed by atoms with Gasteiger partial charge in [0.05, 0.1) is 19.8 Å². The second kappa shape index (κ2) is 15.6. The number of carbonyl (C=O) groups is 2. The molecule has 7 heteroatoms. The first-order chi connectivity index (χ1) is 11.8. The van der Waals surface area contributed by atoms with Crippen molar-refractivity contribution in [3.63, 3.8) is 0 Å². The van der Waals surface area contributed by atoms with Gasteiger partial charge in [-0.1, -0.05) is 61.1 Å². The third kappa shape index (κ3) is 16.5. The summed E-state index contributed by atoms with van der Waals surface area (Å²) >= 11 is 0. The lowest BCUT2D eigenvalue weighted by Gasteiger charge is -2.12. The lowest BCUT2D eigenvalue weighted by atomic mass is 10.1. The molecule has 0 aromatic rings. The van der Waals surface area contributed by atoms with E-state index in [0.717, 1.165) is 5.75 Å². The molecule has 1 N–H and O–H groups in total. The molecule has 1 amide bonds. The molecule has 0 rings (SSSR count). The predicted molar refractivity (Wildman–Crippen MR) is 106 cm³/mol. The normalized spacial score (nSPS) is 12.0. The molecule has 0 heterocycles. The van der Waals surface area contributed by atoms with E-state index in [9.17, 15) is 9.59 Å². The van der Waals surface area contributed by atoms with Crippen molar-refractivity contribution in [2.45, 2.75) is 46.5 Å². The van der Waals surface area contributed by atoms with Crippen LogP contribution in [0.5, 0.6) is 0 Å². The van der Waals surface area contributed by atoms with Crippen molar-refractivity contribution in [3.8, 4) is 11.8 Å². The molecule has 0 radical (unpaired) electrons. The van der Waals surface area contributed by atoms with Crippen LogP contribution < -0.4 is 5.32 Å². The first-order valence-corrected chi connectivity index (χ1v) is 11.0. The summed E-state index contributed by atoms with van der Waals surface area (Å²) in [5.41, 5.74) is 0.0166. The third-order valence-corrected chi connectivity index (χ3v) is 5.49. The zero-order valence-corrected chi connectivity index (χ0v) is 17.6. The number of rotatable bonds is 13. The molecule has 0 aliphatic heterocycles. The Balaban J connectivity index is 3.51. The van der Waals surface area contributed by atoms with Crippen LogP contribution in [0.1, 0.15) is 41.0 Å². The molecule has 0 bridgehead atoms. The molecule has 0 aliphatic carbocycles. The van der Waals surface area contributed by atoms with Crippen LogP contribution in [0.25, 0.3) is 0 Å². The molecule has 0 fully saturated rings. The van der Waals surface area contributed by atoms with Gasteiger partial charge >= 0.3 is 0 Å². The third-order valence-electron chi connectivity index (χ3n) is 2.86. The van der Waals surface area contributed by atoms with E-state index in [0.29, 0.717) is 37.9 Å². The Labute approximate surface area is 160 Å². The van der Waals surface area contributed by atoms with Crippen LogP contribution in [0.3, 0.4) is 0 Å². The second-order valence-corrected chi connectivity index (χ2v) is 8.82. The molecular weight excluding hydrogens is 358 g/mol. The van der Waals surface area contributed by atoms with Gasteiger partial charge in [0.1, 0.15) is 17.8 Å². The highest BCUT2D eigenvalue weighted by Crippen LogP contribution is 2.28. The number of Topliss-reactive ketones (excluding diaryl/α,β-unsaturated/α-hetero) is 1. The highest BCUT2D eigenvalue weighted by molar-refractivity contribution is 8.76. The van der Waals surface area contributed by atoms with Crippen LogP contribution >= 0.6 is 21.6 Å². The fourth-order valence-electron chi connectivity index (χ4n) is 1.49. The minimum absolute atomic E-state index is 0.0142. The van der Waals surface area contributed by atoms with Crippen LogP contribution in [-0.4, -0.2) is 49.2 Å². The molecular formula is C18H31NO4S2. The lowest BCUT2D eigenvalue weighted by Crippen LogP contribution is -2.28. The van der Waals surface area contributed by atoms with Gasteiger partial charge in [-0.2, -0.15) is 0 Å². The monoisotopic (exact) mass is 389 g/mol. The van der Waals surface area contributed by atoms with Gasteiger partial charge in [0, 0.05) is 24.0 Å². The molecule has 0 spiro atoms. The summed E-state index contributed by atoms with van der Waals surface area (Å²) in [6.07, 6.45) is 0.599. The van der Waals surface area contributed by atoms with Gasteiger partial charge in [-0.3, -0.25) is 9.59 Å². The quantitative estimate of drug-likeness (QED) is 0.226. The van der Waals surface area contributed by atoms with E-state index in [-0.39, 0.29) is 23.9 Å². The van der Waals surface area contributed by atoms with Crippen molar-refractivity contribution in [1.82, 2.24) is 5.32 Å². The fourth-order valence-corrected chi connectivity index (χ4v) is 3.49. The Morgan fingerprint density at radius 3 is 2.48 bits per heavy atom. The van der Waals surface area contributed by atoms with E-state index in [2.05, 4.69) is 17.2 Å². The van der Waals surface area contributed by atoms with Crippen molar-refractivity contribution < 1.29 is 19.1 Å². The minimum Gasteiger partial charge on any atom is -0.369 e. The van der Waals surface area contributed by atoms with Crippen molar-refractivity contribution >= 4 is 33.3 Å². The maximum absolute atomic E-state index is 11.5. The van der Waals surface area contributed by atoms with Crippen molar-refractivity contribution in [1.29, 1.82) is 0 Å². The molecule has 1 unspecified atom stereocenters. The number of hydrogen-bond acceptors (Lipinski definition) is 6. The number of ketones is 1. The molecule has 5 nitrogen and oxygen atoms in total. The van der Waals surface area contributed by atoms with Gasteiger partial charge in [-0.05, 0) is 6.92 Å². The minimum atomic E-state index is -0.175. The summed E-state index contributed by atoms with van der Waals surface area (Å²) in [7, 11) is 3.24. The standard InChI is InChI=1S/C18H31NO4S2/c1-14(2)7-6-9-19-18(21)13-22-10-11-23-16(5)25-24-12-8-17(20)15(3)4/h14-16H,8-13H2,1-5H3,(H,19,21). The Morgan fingerprint density at radius 1 is 1.12 bits per heavy atom. The average Bonchev–Trinajstić information content (AvgIpc) is 2.54. The number of nitrogens with one attached hydrogen (secondary N) is 1. The smallest absolute Gasteiger partial charge is 0.246 e. The van der Waals surface area contributed by atoms with Crippen molar-refractivity contribution in [2.24, 2.45) is 11.8 Å². The lowest BCUT2D eigenvalue weighted by molar-refractivity contribution is -0.126. The van der Waals surface area contributed by atoms with Crippen LogP contribution in [-0.2, 0) is 19.1 Å². The Kier molecular flexibility index (Phi) is 15.1. The van der Waals surface area contributed by atoms with E-state index in [1.165, 1.54) is 0 Å². The Bertz CT molecular complexity index is 444. The highest BCUT2D eigenvalue weighted by Gasteiger charge is 2.08. The maximum Gasteiger partial charge on any atom is 0.246 e. The molecule has 0 aromatic heterocycles. The molecule has 0 aliphatic rings. The van der Waals surface area contributed by atoms with E-state index >= 15 is 0 Å². The number of carbonyl (C=O) groups excluding carboxylic acids is 2. The van der Waals surface area contributed by atoms with Crippen LogP contribution in [0, 0.1) is 23.7 Å². The summed E-state index contributed by atoms with van der Waals surface area (Å²) in [5, 5.41) is 2.68. The zero-order valence-electron chi connectivity index (χ0n) is 15.9. The van der Waals surface area contributed by atoms with Gasteiger partial charge in [-0.15, -0.1) is 0 Å². The molecule has 0 aromatic carbocycles. The maximum atomic E-state index is 11.5.